The standard InChI is InChI=1S/C23H29N3O3/c1-4-18(3)23(29)26(15-19-10-6-5-7-11-19)16-22(28)24-14-21(27)25-20-12-8-9-17(2)13-20/h5-13,18H,4,14-16H2,1-3H3,(H,24,28)(H,25,27)/t18-/m1/s1. The van der Waals surface area contributed by atoms with Crippen molar-refractivity contribution in [3.05, 3.63) is 65.7 Å². The molecule has 0 unspecified atom stereocenters. The maximum Gasteiger partial charge on any atom is 0.243 e. The molecule has 0 spiro atoms. The Morgan fingerprint density at radius 1 is 1.00 bits per heavy atom. The molecule has 0 aromatic heterocycles. The molecule has 0 aliphatic rings. The minimum absolute atomic E-state index is 0.0734. The van der Waals surface area contributed by atoms with Crippen molar-refractivity contribution in [3.8, 4) is 0 Å². The van der Waals surface area contributed by atoms with Crippen LogP contribution in [0.5, 0.6) is 0 Å². The number of nitrogens with zero attached hydrogens (tertiary/aromatic N) is 1. The maximum atomic E-state index is 12.7. The van der Waals surface area contributed by atoms with Crippen molar-refractivity contribution in [3.63, 3.8) is 0 Å². The molecule has 154 valence electrons. The molecule has 0 saturated carbocycles. The third-order valence-electron chi connectivity index (χ3n) is 4.64. The normalized spacial score (nSPS) is 11.4. The number of hydrogen-bond donors (Lipinski definition) is 2. The van der Waals surface area contributed by atoms with Gasteiger partial charge in [0.15, 0.2) is 0 Å². The average Bonchev–Trinajstić information content (AvgIpc) is 2.71. The van der Waals surface area contributed by atoms with E-state index in [2.05, 4.69) is 10.6 Å². The largest absolute Gasteiger partial charge is 0.345 e. The van der Waals surface area contributed by atoms with Crippen LogP contribution in [0.4, 0.5) is 5.69 Å². The topological polar surface area (TPSA) is 78.5 Å². The Morgan fingerprint density at radius 2 is 1.72 bits per heavy atom. The van der Waals surface area contributed by atoms with E-state index in [4.69, 9.17) is 0 Å². The second-order valence-corrected chi connectivity index (χ2v) is 7.18. The quantitative estimate of drug-likeness (QED) is 0.685. The summed E-state index contributed by atoms with van der Waals surface area (Å²) in [5.74, 6) is -0.921. The van der Waals surface area contributed by atoms with Crippen LogP contribution in [0.3, 0.4) is 0 Å². The van der Waals surface area contributed by atoms with Gasteiger partial charge in [0.1, 0.15) is 0 Å². The molecule has 0 bridgehead atoms. The summed E-state index contributed by atoms with van der Waals surface area (Å²) >= 11 is 0. The maximum absolute atomic E-state index is 12.7. The Bertz CT molecular complexity index is 836. The molecule has 6 heteroatoms. The molecule has 0 heterocycles. The van der Waals surface area contributed by atoms with Crippen LogP contribution in [0, 0.1) is 12.8 Å². The van der Waals surface area contributed by atoms with E-state index in [0.717, 1.165) is 11.1 Å². The van der Waals surface area contributed by atoms with Gasteiger partial charge in [-0.2, -0.15) is 0 Å². The Hall–Kier alpha value is -3.15. The summed E-state index contributed by atoms with van der Waals surface area (Å²) in [4.78, 5) is 38.7. The summed E-state index contributed by atoms with van der Waals surface area (Å²) in [6.45, 7) is 5.85. The van der Waals surface area contributed by atoms with Gasteiger partial charge in [-0.05, 0) is 36.6 Å². The number of carbonyl (C=O) groups excluding carboxylic acids is 3. The summed E-state index contributed by atoms with van der Waals surface area (Å²) in [5, 5.41) is 5.35. The van der Waals surface area contributed by atoms with Crippen molar-refractivity contribution in [1.29, 1.82) is 0 Å². The first-order chi connectivity index (χ1) is 13.9. The summed E-state index contributed by atoms with van der Waals surface area (Å²) < 4.78 is 0. The van der Waals surface area contributed by atoms with Gasteiger partial charge >= 0.3 is 0 Å². The van der Waals surface area contributed by atoms with Crippen molar-refractivity contribution in [2.75, 3.05) is 18.4 Å². The Kier molecular flexibility index (Phi) is 8.40. The van der Waals surface area contributed by atoms with Gasteiger partial charge < -0.3 is 15.5 Å². The number of aryl methyl sites for hydroxylation is 1. The van der Waals surface area contributed by atoms with E-state index in [1.165, 1.54) is 4.90 Å². The molecule has 0 radical (unpaired) electrons. The Labute approximate surface area is 172 Å². The van der Waals surface area contributed by atoms with Crippen LogP contribution in [-0.2, 0) is 20.9 Å². The van der Waals surface area contributed by atoms with Gasteiger partial charge in [0.25, 0.3) is 0 Å². The molecule has 2 aromatic rings. The van der Waals surface area contributed by atoms with E-state index in [0.29, 0.717) is 18.7 Å². The van der Waals surface area contributed by atoms with Crippen LogP contribution in [-0.4, -0.2) is 35.7 Å². The lowest BCUT2D eigenvalue weighted by Gasteiger charge is -2.25. The first-order valence-electron chi connectivity index (χ1n) is 9.85. The number of anilines is 1. The number of benzene rings is 2. The van der Waals surface area contributed by atoms with Crippen molar-refractivity contribution < 1.29 is 14.4 Å². The predicted molar refractivity (Wildman–Crippen MR) is 114 cm³/mol. The lowest BCUT2D eigenvalue weighted by molar-refractivity contribution is -0.139. The second-order valence-electron chi connectivity index (χ2n) is 7.18. The zero-order chi connectivity index (χ0) is 21.2. The smallest absolute Gasteiger partial charge is 0.243 e. The van der Waals surface area contributed by atoms with E-state index in [-0.39, 0.29) is 36.7 Å². The predicted octanol–water partition coefficient (Wildman–Crippen LogP) is 3.12. The van der Waals surface area contributed by atoms with Gasteiger partial charge in [-0.15, -0.1) is 0 Å². The van der Waals surface area contributed by atoms with Crippen molar-refractivity contribution in [1.82, 2.24) is 10.2 Å². The number of nitrogens with one attached hydrogen (secondary N) is 2. The fraction of sp³-hybridized carbons (Fsp3) is 0.348. The lowest BCUT2D eigenvalue weighted by Crippen LogP contribution is -2.44. The van der Waals surface area contributed by atoms with Crippen molar-refractivity contribution in [2.45, 2.75) is 33.7 Å². The number of carbonyl (C=O) groups is 3. The molecule has 0 aliphatic heterocycles. The zero-order valence-electron chi connectivity index (χ0n) is 17.3. The number of amides is 3. The molecule has 3 amide bonds. The van der Waals surface area contributed by atoms with Crippen LogP contribution in [0.25, 0.3) is 0 Å². The summed E-state index contributed by atoms with van der Waals surface area (Å²) in [6, 6.07) is 17.0. The highest BCUT2D eigenvalue weighted by molar-refractivity contribution is 5.95. The molecule has 1 atom stereocenters. The van der Waals surface area contributed by atoms with Crippen LogP contribution in [0.15, 0.2) is 54.6 Å². The first-order valence-corrected chi connectivity index (χ1v) is 9.85. The van der Waals surface area contributed by atoms with Gasteiger partial charge in [0.05, 0.1) is 13.1 Å². The minimum atomic E-state index is -0.364. The van der Waals surface area contributed by atoms with Crippen molar-refractivity contribution >= 4 is 23.4 Å². The molecule has 2 N–H and O–H groups in total. The number of hydrogen-bond acceptors (Lipinski definition) is 3. The zero-order valence-corrected chi connectivity index (χ0v) is 17.3. The molecular formula is C23H29N3O3. The highest BCUT2D eigenvalue weighted by Gasteiger charge is 2.22. The summed E-state index contributed by atoms with van der Waals surface area (Å²) in [5.41, 5.74) is 2.67. The molecule has 0 fully saturated rings. The third kappa shape index (κ3) is 7.41. The molecule has 0 saturated heterocycles. The van der Waals surface area contributed by atoms with E-state index >= 15 is 0 Å². The van der Waals surface area contributed by atoms with E-state index in [1.807, 2.05) is 69.3 Å². The van der Waals surface area contributed by atoms with Gasteiger partial charge in [-0.3, -0.25) is 14.4 Å². The molecule has 2 aromatic carbocycles. The SMILES string of the molecule is CC[C@@H](C)C(=O)N(CC(=O)NCC(=O)Nc1cccc(C)c1)Cc1ccccc1. The Morgan fingerprint density at radius 3 is 2.38 bits per heavy atom. The fourth-order valence-corrected chi connectivity index (χ4v) is 2.84. The van der Waals surface area contributed by atoms with Crippen LogP contribution >= 0.6 is 0 Å². The Balaban J connectivity index is 1.92. The molecule has 29 heavy (non-hydrogen) atoms. The summed E-state index contributed by atoms with van der Waals surface area (Å²) in [6.07, 6.45) is 0.699. The molecule has 6 nitrogen and oxygen atoms in total. The summed E-state index contributed by atoms with van der Waals surface area (Å²) in [7, 11) is 0. The first kappa shape index (κ1) is 22.1. The van der Waals surface area contributed by atoms with Crippen LogP contribution in [0.2, 0.25) is 0 Å². The molecule has 0 aliphatic carbocycles. The van der Waals surface area contributed by atoms with Gasteiger partial charge in [0.2, 0.25) is 17.7 Å². The minimum Gasteiger partial charge on any atom is -0.345 e. The average molecular weight is 396 g/mol. The van der Waals surface area contributed by atoms with Crippen molar-refractivity contribution in [2.24, 2.45) is 5.92 Å². The van der Waals surface area contributed by atoms with Crippen LogP contribution in [0.1, 0.15) is 31.4 Å². The van der Waals surface area contributed by atoms with E-state index in [1.54, 1.807) is 6.07 Å². The van der Waals surface area contributed by atoms with E-state index < -0.39 is 0 Å². The van der Waals surface area contributed by atoms with Gasteiger partial charge in [0, 0.05) is 18.2 Å². The molecular weight excluding hydrogens is 366 g/mol. The third-order valence-corrected chi connectivity index (χ3v) is 4.64. The molecule has 2 rings (SSSR count). The lowest BCUT2D eigenvalue weighted by atomic mass is 10.1. The highest BCUT2D eigenvalue weighted by atomic mass is 16.2. The van der Waals surface area contributed by atoms with E-state index in [9.17, 15) is 14.4 Å². The van der Waals surface area contributed by atoms with Gasteiger partial charge in [-0.25, -0.2) is 0 Å². The van der Waals surface area contributed by atoms with Gasteiger partial charge in [-0.1, -0.05) is 56.3 Å². The fourth-order valence-electron chi connectivity index (χ4n) is 2.84. The number of rotatable bonds is 9. The second kappa shape index (κ2) is 11.0. The van der Waals surface area contributed by atoms with Crippen LogP contribution < -0.4 is 10.6 Å². The highest BCUT2D eigenvalue weighted by Crippen LogP contribution is 2.12. The monoisotopic (exact) mass is 395 g/mol.